The molecule has 6 nitrogen and oxygen atoms in total. The van der Waals surface area contributed by atoms with E-state index in [9.17, 15) is 9.59 Å². The van der Waals surface area contributed by atoms with Crippen LogP contribution in [0.5, 0.6) is 11.5 Å². The van der Waals surface area contributed by atoms with E-state index >= 15 is 0 Å². The summed E-state index contributed by atoms with van der Waals surface area (Å²) in [5.41, 5.74) is 1.38. The Balaban J connectivity index is 1.88. The number of ether oxygens (including phenoxy) is 3. The molecule has 6 heteroatoms. The zero-order chi connectivity index (χ0) is 18.9. The second-order valence-electron chi connectivity index (χ2n) is 5.68. The van der Waals surface area contributed by atoms with Crippen LogP contribution in [0.4, 0.5) is 0 Å². The van der Waals surface area contributed by atoms with Gasteiger partial charge < -0.3 is 19.5 Å². The number of methoxy groups -OCH3 is 2. The average molecular weight is 357 g/mol. The van der Waals surface area contributed by atoms with Crippen molar-refractivity contribution in [1.29, 1.82) is 0 Å². The summed E-state index contributed by atoms with van der Waals surface area (Å²) in [4.78, 5) is 24.4. The molecule has 0 aliphatic rings. The van der Waals surface area contributed by atoms with Gasteiger partial charge in [-0.1, -0.05) is 30.3 Å². The summed E-state index contributed by atoms with van der Waals surface area (Å²) in [5, 5.41) is 2.77. The van der Waals surface area contributed by atoms with Gasteiger partial charge in [-0.2, -0.15) is 0 Å². The Kier molecular flexibility index (Phi) is 7.02. The van der Waals surface area contributed by atoms with Crippen molar-refractivity contribution < 1.29 is 23.8 Å². The van der Waals surface area contributed by atoms with Gasteiger partial charge in [0.25, 0.3) is 5.91 Å². The number of hydrogen-bond donors (Lipinski definition) is 1. The third kappa shape index (κ3) is 5.51. The summed E-state index contributed by atoms with van der Waals surface area (Å²) in [7, 11) is 2.99. The minimum absolute atomic E-state index is 0.255. The Morgan fingerprint density at radius 3 is 2.19 bits per heavy atom. The van der Waals surface area contributed by atoms with Gasteiger partial charge in [0.1, 0.15) is 11.5 Å². The van der Waals surface area contributed by atoms with Crippen LogP contribution in [0.2, 0.25) is 0 Å². The van der Waals surface area contributed by atoms with E-state index in [0.717, 1.165) is 5.56 Å². The van der Waals surface area contributed by atoms with E-state index in [1.54, 1.807) is 6.07 Å². The maximum atomic E-state index is 12.3. The van der Waals surface area contributed by atoms with Crippen LogP contribution in [0.1, 0.15) is 22.8 Å². The summed E-state index contributed by atoms with van der Waals surface area (Å²) in [6.45, 7) is 2.00. The molecule has 0 aromatic heterocycles. The van der Waals surface area contributed by atoms with Gasteiger partial charge >= 0.3 is 5.97 Å². The summed E-state index contributed by atoms with van der Waals surface area (Å²) >= 11 is 0. The summed E-state index contributed by atoms with van der Waals surface area (Å²) in [6, 6.07) is 14.5. The zero-order valence-electron chi connectivity index (χ0n) is 15.2. The summed E-state index contributed by atoms with van der Waals surface area (Å²) in [5.74, 6) is -0.0235. The zero-order valence-corrected chi connectivity index (χ0v) is 15.2. The van der Waals surface area contributed by atoms with Crippen molar-refractivity contribution in [2.45, 2.75) is 19.4 Å². The third-order valence-corrected chi connectivity index (χ3v) is 3.80. The number of hydrogen-bond acceptors (Lipinski definition) is 5. The average Bonchev–Trinajstić information content (AvgIpc) is 2.68. The summed E-state index contributed by atoms with van der Waals surface area (Å²) in [6.07, 6.45) is -0.198. The topological polar surface area (TPSA) is 73.9 Å². The van der Waals surface area contributed by atoms with Gasteiger partial charge in [0.15, 0.2) is 6.10 Å². The molecule has 2 aromatic carbocycles. The predicted molar refractivity (Wildman–Crippen MR) is 97.6 cm³/mol. The molecule has 0 saturated heterocycles. The van der Waals surface area contributed by atoms with Gasteiger partial charge in [-0.25, -0.2) is 4.79 Å². The maximum Gasteiger partial charge on any atom is 0.339 e. The van der Waals surface area contributed by atoms with Crippen LogP contribution in [0.15, 0.2) is 48.5 Å². The van der Waals surface area contributed by atoms with Crippen molar-refractivity contribution in [3.63, 3.8) is 0 Å². The SMILES string of the molecule is COc1cc(OC)cc(C(=O)OC(C)C(=O)NCCc2ccccc2)c1. The molecule has 26 heavy (non-hydrogen) atoms. The van der Waals surface area contributed by atoms with E-state index in [-0.39, 0.29) is 11.5 Å². The molecule has 1 unspecified atom stereocenters. The first-order valence-electron chi connectivity index (χ1n) is 8.29. The fourth-order valence-corrected chi connectivity index (χ4v) is 2.33. The van der Waals surface area contributed by atoms with E-state index < -0.39 is 12.1 Å². The lowest BCUT2D eigenvalue weighted by Gasteiger charge is -2.14. The highest BCUT2D eigenvalue weighted by Gasteiger charge is 2.19. The van der Waals surface area contributed by atoms with Crippen LogP contribution in [0.25, 0.3) is 0 Å². The minimum atomic E-state index is -0.907. The van der Waals surface area contributed by atoms with E-state index in [2.05, 4.69) is 5.32 Å². The van der Waals surface area contributed by atoms with Crippen molar-refractivity contribution in [2.75, 3.05) is 20.8 Å². The maximum absolute atomic E-state index is 12.3. The van der Waals surface area contributed by atoms with Crippen LogP contribution in [0, 0.1) is 0 Å². The standard InChI is InChI=1S/C20H23NO5/c1-14(19(22)21-10-9-15-7-5-4-6-8-15)26-20(23)16-11-17(24-2)13-18(12-16)25-3/h4-8,11-14H,9-10H2,1-3H3,(H,21,22). The lowest BCUT2D eigenvalue weighted by Crippen LogP contribution is -2.36. The van der Waals surface area contributed by atoms with Crippen molar-refractivity contribution in [2.24, 2.45) is 0 Å². The summed E-state index contributed by atoms with van der Waals surface area (Å²) < 4.78 is 15.5. The number of amides is 1. The Morgan fingerprint density at radius 1 is 1.00 bits per heavy atom. The van der Waals surface area contributed by atoms with Crippen molar-refractivity contribution in [1.82, 2.24) is 5.32 Å². The van der Waals surface area contributed by atoms with Crippen molar-refractivity contribution in [3.05, 3.63) is 59.7 Å². The second-order valence-corrected chi connectivity index (χ2v) is 5.68. The molecule has 1 N–H and O–H groups in total. The second kappa shape index (κ2) is 9.46. The molecular weight excluding hydrogens is 334 g/mol. The highest BCUT2D eigenvalue weighted by Crippen LogP contribution is 2.23. The smallest absolute Gasteiger partial charge is 0.339 e. The number of carbonyl (C=O) groups is 2. The van der Waals surface area contributed by atoms with E-state index in [1.165, 1.54) is 33.3 Å². The fourth-order valence-electron chi connectivity index (χ4n) is 2.33. The molecule has 2 aromatic rings. The third-order valence-electron chi connectivity index (χ3n) is 3.80. The molecule has 0 aliphatic carbocycles. The van der Waals surface area contributed by atoms with Gasteiger partial charge in [0, 0.05) is 12.6 Å². The van der Waals surface area contributed by atoms with Gasteiger partial charge in [-0.05, 0) is 31.0 Å². The first-order chi connectivity index (χ1) is 12.5. The van der Waals surface area contributed by atoms with Crippen molar-refractivity contribution >= 4 is 11.9 Å². The lowest BCUT2D eigenvalue weighted by atomic mass is 10.1. The fraction of sp³-hybridized carbons (Fsp3) is 0.300. The molecule has 0 radical (unpaired) electrons. The van der Waals surface area contributed by atoms with Crippen LogP contribution < -0.4 is 14.8 Å². The number of carbonyl (C=O) groups excluding carboxylic acids is 2. The number of rotatable bonds is 8. The molecular formula is C20H23NO5. The van der Waals surface area contributed by atoms with Crippen LogP contribution in [-0.2, 0) is 16.0 Å². The predicted octanol–water partition coefficient (Wildman–Crippen LogP) is 2.61. The Labute approximate surface area is 153 Å². The Hall–Kier alpha value is -3.02. The van der Waals surface area contributed by atoms with Gasteiger partial charge in [0.05, 0.1) is 19.8 Å². The quantitative estimate of drug-likeness (QED) is 0.735. The lowest BCUT2D eigenvalue weighted by molar-refractivity contribution is -0.129. The van der Waals surface area contributed by atoms with E-state index in [4.69, 9.17) is 14.2 Å². The monoisotopic (exact) mass is 357 g/mol. The molecule has 2 rings (SSSR count). The number of esters is 1. The molecule has 138 valence electrons. The molecule has 0 saturated carbocycles. The van der Waals surface area contributed by atoms with Crippen molar-refractivity contribution in [3.8, 4) is 11.5 Å². The molecule has 0 aliphatic heterocycles. The normalized spacial score (nSPS) is 11.3. The van der Waals surface area contributed by atoms with Crippen LogP contribution in [0.3, 0.4) is 0 Å². The minimum Gasteiger partial charge on any atom is -0.497 e. The first kappa shape index (κ1) is 19.3. The van der Waals surface area contributed by atoms with Crippen LogP contribution >= 0.6 is 0 Å². The van der Waals surface area contributed by atoms with Gasteiger partial charge in [-0.15, -0.1) is 0 Å². The van der Waals surface area contributed by atoms with E-state index in [0.29, 0.717) is 24.5 Å². The largest absolute Gasteiger partial charge is 0.497 e. The highest BCUT2D eigenvalue weighted by atomic mass is 16.5. The molecule has 0 heterocycles. The molecule has 0 fully saturated rings. The first-order valence-corrected chi connectivity index (χ1v) is 8.29. The van der Waals surface area contributed by atoms with Crippen LogP contribution in [-0.4, -0.2) is 38.7 Å². The Bertz CT molecular complexity index is 723. The number of benzene rings is 2. The van der Waals surface area contributed by atoms with Gasteiger partial charge in [-0.3, -0.25) is 4.79 Å². The number of nitrogens with one attached hydrogen (secondary N) is 1. The van der Waals surface area contributed by atoms with Gasteiger partial charge in [0.2, 0.25) is 0 Å². The highest BCUT2D eigenvalue weighted by molar-refractivity contribution is 5.93. The molecule has 0 spiro atoms. The molecule has 1 atom stereocenters. The molecule has 1 amide bonds. The van der Waals surface area contributed by atoms with E-state index in [1.807, 2.05) is 30.3 Å². The Morgan fingerprint density at radius 2 is 1.62 bits per heavy atom. The molecule has 0 bridgehead atoms.